The molecule has 1 heterocycles. The topological polar surface area (TPSA) is 56.1 Å². The van der Waals surface area contributed by atoms with Crippen molar-refractivity contribution in [3.63, 3.8) is 0 Å². The number of nitrogens with zero attached hydrogens (tertiary/aromatic N) is 2. The molecule has 0 aliphatic rings. The third-order valence-corrected chi connectivity index (χ3v) is 4.18. The number of para-hydroxylation sites is 1. The highest BCUT2D eigenvalue weighted by Gasteiger charge is 2.12. The first-order chi connectivity index (χ1) is 12.1. The van der Waals surface area contributed by atoms with Gasteiger partial charge in [-0.15, -0.1) is 0 Å². The van der Waals surface area contributed by atoms with Crippen molar-refractivity contribution >= 4 is 23.2 Å². The van der Waals surface area contributed by atoms with Gasteiger partial charge in [0.1, 0.15) is 5.75 Å². The van der Waals surface area contributed by atoms with Crippen molar-refractivity contribution in [2.45, 2.75) is 13.3 Å². The average Bonchev–Trinajstić information content (AvgIpc) is 3.07. The first-order valence-corrected chi connectivity index (χ1v) is 8.17. The smallest absolute Gasteiger partial charge is 0.229 e. The van der Waals surface area contributed by atoms with Crippen LogP contribution in [0.3, 0.4) is 0 Å². The third-order valence-electron chi connectivity index (χ3n) is 3.78. The predicted octanol–water partition coefficient (Wildman–Crippen LogP) is 4.02. The van der Waals surface area contributed by atoms with Crippen LogP contribution in [0.4, 0.5) is 5.69 Å². The highest BCUT2D eigenvalue weighted by atomic mass is 35.5. The van der Waals surface area contributed by atoms with Crippen molar-refractivity contribution in [1.82, 2.24) is 9.78 Å². The Morgan fingerprint density at radius 2 is 2.04 bits per heavy atom. The predicted molar refractivity (Wildman–Crippen MR) is 98.6 cm³/mol. The molecular weight excluding hydrogens is 338 g/mol. The zero-order valence-corrected chi connectivity index (χ0v) is 14.7. The SMILES string of the molecule is COc1cc(Cl)c(C)cc1NC(=O)Cc1cnn(-c2ccccc2)c1. The number of aromatic nitrogens is 2. The Morgan fingerprint density at radius 1 is 1.28 bits per heavy atom. The minimum atomic E-state index is -0.146. The summed E-state index contributed by atoms with van der Waals surface area (Å²) in [6.07, 6.45) is 3.76. The molecule has 5 nitrogen and oxygen atoms in total. The molecule has 0 spiro atoms. The van der Waals surface area contributed by atoms with Crippen molar-refractivity contribution in [3.8, 4) is 11.4 Å². The summed E-state index contributed by atoms with van der Waals surface area (Å²) in [5.41, 5.74) is 3.25. The quantitative estimate of drug-likeness (QED) is 0.752. The second-order valence-corrected chi connectivity index (χ2v) is 6.06. The molecule has 3 rings (SSSR count). The molecule has 0 atom stereocenters. The van der Waals surface area contributed by atoms with Gasteiger partial charge in [0.2, 0.25) is 5.91 Å². The number of aryl methyl sites for hydroxylation is 1. The maximum absolute atomic E-state index is 12.4. The number of amides is 1. The first kappa shape index (κ1) is 17.0. The molecule has 1 amide bonds. The summed E-state index contributed by atoms with van der Waals surface area (Å²) in [5.74, 6) is 0.386. The average molecular weight is 356 g/mol. The molecule has 25 heavy (non-hydrogen) atoms. The summed E-state index contributed by atoms with van der Waals surface area (Å²) in [6.45, 7) is 1.88. The molecule has 128 valence electrons. The van der Waals surface area contributed by atoms with Crippen LogP contribution in [0.5, 0.6) is 5.75 Å². The Kier molecular flexibility index (Phi) is 5.05. The Labute approximate surface area is 151 Å². The molecular formula is C19H18ClN3O2. The van der Waals surface area contributed by atoms with Gasteiger partial charge in [-0.25, -0.2) is 4.68 Å². The number of ether oxygens (including phenoxy) is 1. The van der Waals surface area contributed by atoms with Gasteiger partial charge >= 0.3 is 0 Å². The van der Waals surface area contributed by atoms with E-state index in [-0.39, 0.29) is 12.3 Å². The number of hydrogen-bond acceptors (Lipinski definition) is 3. The molecule has 2 aromatic carbocycles. The Morgan fingerprint density at radius 3 is 2.76 bits per heavy atom. The number of carbonyl (C=O) groups excluding carboxylic acids is 1. The van der Waals surface area contributed by atoms with Crippen LogP contribution in [0, 0.1) is 6.92 Å². The monoisotopic (exact) mass is 355 g/mol. The number of carbonyl (C=O) groups is 1. The molecule has 0 radical (unpaired) electrons. The largest absolute Gasteiger partial charge is 0.495 e. The van der Waals surface area contributed by atoms with E-state index < -0.39 is 0 Å². The number of methoxy groups -OCH3 is 1. The lowest BCUT2D eigenvalue weighted by Gasteiger charge is -2.12. The fourth-order valence-corrected chi connectivity index (χ4v) is 2.64. The van der Waals surface area contributed by atoms with E-state index in [0.29, 0.717) is 16.5 Å². The van der Waals surface area contributed by atoms with E-state index >= 15 is 0 Å². The Hall–Kier alpha value is -2.79. The molecule has 0 unspecified atom stereocenters. The van der Waals surface area contributed by atoms with Crippen LogP contribution in [0.2, 0.25) is 5.02 Å². The van der Waals surface area contributed by atoms with Gasteiger partial charge < -0.3 is 10.1 Å². The normalized spacial score (nSPS) is 10.5. The van der Waals surface area contributed by atoms with Crippen LogP contribution >= 0.6 is 11.6 Å². The maximum Gasteiger partial charge on any atom is 0.229 e. The number of benzene rings is 2. The van der Waals surface area contributed by atoms with E-state index in [1.54, 1.807) is 30.1 Å². The second-order valence-electron chi connectivity index (χ2n) is 5.66. The minimum Gasteiger partial charge on any atom is -0.495 e. The number of halogens is 1. The molecule has 0 saturated heterocycles. The number of nitrogens with one attached hydrogen (secondary N) is 1. The summed E-state index contributed by atoms with van der Waals surface area (Å²) in [4.78, 5) is 12.4. The van der Waals surface area contributed by atoms with E-state index in [9.17, 15) is 4.79 Å². The van der Waals surface area contributed by atoms with Crippen molar-refractivity contribution < 1.29 is 9.53 Å². The van der Waals surface area contributed by atoms with Gasteiger partial charge in [0.15, 0.2) is 0 Å². The lowest BCUT2D eigenvalue weighted by Crippen LogP contribution is -2.15. The van der Waals surface area contributed by atoms with Gasteiger partial charge in [-0.3, -0.25) is 4.79 Å². The van der Waals surface area contributed by atoms with Crippen LogP contribution in [-0.2, 0) is 11.2 Å². The molecule has 6 heteroatoms. The summed E-state index contributed by atoms with van der Waals surface area (Å²) < 4.78 is 7.02. The zero-order chi connectivity index (χ0) is 17.8. The van der Waals surface area contributed by atoms with Crippen LogP contribution < -0.4 is 10.1 Å². The van der Waals surface area contributed by atoms with E-state index in [1.165, 1.54) is 0 Å². The fourth-order valence-electron chi connectivity index (χ4n) is 2.48. The highest BCUT2D eigenvalue weighted by Crippen LogP contribution is 2.31. The van der Waals surface area contributed by atoms with Gasteiger partial charge in [-0.1, -0.05) is 29.8 Å². The van der Waals surface area contributed by atoms with Gasteiger partial charge in [0.05, 0.1) is 31.1 Å². The van der Waals surface area contributed by atoms with Crippen molar-refractivity contribution in [3.05, 3.63) is 71.0 Å². The summed E-state index contributed by atoms with van der Waals surface area (Å²) in [6, 6.07) is 13.2. The van der Waals surface area contributed by atoms with Crippen LogP contribution in [0.15, 0.2) is 54.9 Å². The molecule has 0 saturated carbocycles. The van der Waals surface area contributed by atoms with Crippen LogP contribution in [0.25, 0.3) is 5.69 Å². The number of anilines is 1. The number of rotatable bonds is 5. The zero-order valence-electron chi connectivity index (χ0n) is 14.0. The standard InChI is InChI=1S/C19H18ClN3O2/c1-13-8-17(18(25-2)10-16(13)20)22-19(24)9-14-11-21-23(12-14)15-6-4-3-5-7-15/h3-8,10-12H,9H2,1-2H3,(H,22,24). The molecule has 0 aliphatic carbocycles. The second kappa shape index (κ2) is 7.40. The summed E-state index contributed by atoms with van der Waals surface area (Å²) in [5, 5.41) is 7.76. The highest BCUT2D eigenvalue weighted by molar-refractivity contribution is 6.31. The molecule has 1 aromatic heterocycles. The Bertz CT molecular complexity index is 891. The van der Waals surface area contributed by atoms with E-state index in [4.69, 9.17) is 16.3 Å². The van der Waals surface area contributed by atoms with Crippen molar-refractivity contribution in [1.29, 1.82) is 0 Å². The van der Waals surface area contributed by atoms with Gasteiger partial charge in [-0.05, 0) is 36.2 Å². The molecule has 0 bridgehead atoms. The van der Waals surface area contributed by atoms with E-state index in [0.717, 1.165) is 16.8 Å². The van der Waals surface area contributed by atoms with Crippen molar-refractivity contribution in [2.75, 3.05) is 12.4 Å². The van der Waals surface area contributed by atoms with Crippen LogP contribution in [-0.4, -0.2) is 22.8 Å². The molecule has 1 N–H and O–H groups in total. The molecule has 0 fully saturated rings. The summed E-state index contributed by atoms with van der Waals surface area (Å²) >= 11 is 6.09. The first-order valence-electron chi connectivity index (χ1n) is 7.80. The van der Waals surface area contributed by atoms with Gasteiger partial charge in [-0.2, -0.15) is 5.10 Å². The molecule has 0 aliphatic heterocycles. The van der Waals surface area contributed by atoms with Gasteiger partial charge in [0.25, 0.3) is 0 Å². The lowest BCUT2D eigenvalue weighted by molar-refractivity contribution is -0.115. The van der Waals surface area contributed by atoms with E-state index in [2.05, 4.69) is 10.4 Å². The summed E-state index contributed by atoms with van der Waals surface area (Å²) in [7, 11) is 1.54. The van der Waals surface area contributed by atoms with Gasteiger partial charge in [0, 0.05) is 17.3 Å². The number of hydrogen-bond donors (Lipinski definition) is 1. The maximum atomic E-state index is 12.4. The molecule has 3 aromatic rings. The fraction of sp³-hybridized carbons (Fsp3) is 0.158. The Balaban J connectivity index is 1.72. The van der Waals surface area contributed by atoms with E-state index in [1.807, 2.05) is 43.5 Å². The minimum absolute atomic E-state index is 0.146. The lowest BCUT2D eigenvalue weighted by atomic mass is 10.2. The third kappa shape index (κ3) is 4.00. The van der Waals surface area contributed by atoms with Crippen LogP contribution in [0.1, 0.15) is 11.1 Å². The van der Waals surface area contributed by atoms with Crippen molar-refractivity contribution in [2.24, 2.45) is 0 Å².